The van der Waals surface area contributed by atoms with Crippen LogP contribution in [0.1, 0.15) is 17.8 Å². The number of H-pyrrole nitrogens is 1. The van der Waals surface area contributed by atoms with Gasteiger partial charge in [-0.05, 0) is 6.92 Å². The van der Waals surface area contributed by atoms with Crippen LogP contribution in [0.3, 0.4) is 0 Å². The predicted molar refractivity (Wildman–Crippen MR) is 69.4 cm³/mol. The second-order valence-electron chi connectivity index (χ2n) is 4.47. The van der Waals surface area contributed by atoms with E-state index in [9.17, 15) is 18.0 Å². The number of benzene rings is 1. The number of rotatable bonds is 3. The van der Waals surface area contributed by atoms with Crippen LogP contribution in [0.25, 0.3) is 11.3 Å². The molecule has 2 rings (SSSR count). The van der Waals surface area contributed by atoms with E-state index in [1.807, 2.05) is 6.07 Å². The van der Waals surface area contributed by atoms with Gasteiger partial charge in [-0.2, -0.15) is 13.2 Å². The number of aromatic amines is 1. The van der Waals surface area contributed by atoms with E-state index in [1.54, 1.807) is 31.2 Å². The molecular weight excluding hydrogens is 269 g/mol. The molecule has 106 valence electrons. The van der Waals surface area contributed by atoms with Crippen LogP contribution < -0.4 is 5.56 Å². The standard InChI is InChI=1S/C14H13F3N2O/c1-9-12(10-5-3-2-4-6-10)18-11(19-13(9)20)7-8-14(15,16)17/h2-6H,7-8H2,1H3,(H,18,19,20). The minimum Gasteiger partial charge on any atom is -0.310 e. The molecule has 0 atom stereocenters. The van der Waals surface area contributed by atoms with Gasteiger partial charge in [-0.1, -0.05) is 30.3 Å². The minimum absolute atomic E-state index is 0.0526. The zero-order valence-corrected chi connectivity index (χ0v) is 10.8. The van der Waals surface area contributed by atoms with Gasteiger partial charge in [-0.15, -0.1) is 0 Å². The Morgan fingerprint density at radius 3 is 2.45 bits per heavy atom. The van der Waals surface area contributed by atoms with E-state index in [0.717, 1.165) is 0 Å². The van der Waals surface area contributed by atoms with Crippen LogP contribution in [-0.2, 0) is 6.42 Å². The third-order valence-electron chi connectivity index (χ3n) is 2.89. The highest BCUT2D eigenvalue weighted by atomic mass is 19.4. The number of halogens is 3. The number of nitrogens with zero attached hydrogens (tertiary/aromatic N) is 1. The Balaban J connectivity index is 2.38. The second kappa shape index (κ2) is 5.48. The van der Waals surface area contributed by atoms with E-state index in [0.29, 0.717) is 16.8 Å². The highest BCUT2D eigenvalue weighted by Gasteiger charge is 2.27. The van der Waals surface area contributed by atoms with Crippen molar-refractivity contribution in [1.82, 2.24) is 9.97 Å². The van der Waals surface area contributed by atoms with Gasteiger partial charge in [0.05, 0.1) is 12.1 Å². The lowest BCUT2D eigenvalue weighted by Gasteiger charge is -2.09. The van der Waals surface area contributed by atoms with Crippen LogP contribution in [0.5, 0.6) is 0 Å². The molecule has 0 unspecified atom stereocenters. The van der Waals surface area contributed by atoms with Gasteiger partial charge in [0.2, 0.25) is 0 Å². The molecule has 1 aromatic heterocycles. The Morgan fingerprint density at radius 2 is 1.85 bits per heavy atom. The summed E-state index contributed by atoms with van der Waals surface area (Å²) in [6, 6.07) is 8.92. The molecule has 0 fully saturated rings. The monoisotopic (exact) mass is 282 g/mol. The van der Waals surface area contributed by atoms with E-state index in [4.69, 9.17) is 0 Å². The summed E-state index contributed by atoms with van der Waals surface area (Å²) >= 11 is 0. The summed E-state index contributed by atoms with van der Waals surface area (Å²) < 4.78 is 36.7. The van der Waals surface area contributed by atoms with Gasteiger partial charge in [0.1, 0.15) is 5.82 Å². The maximum absolute atomic E-state index is 12.2. The van der Waals surface area contributed by atoms with Crippen molar-refractivity contribution in [3.63, 3.8) is 0 Å². The fourth-order valence-corrected chi connectivity index (χ4v) is 1.83. The van der Waals surface area contributed by atoms with Crippen LogP contribution in [0.4, 0.5) is 13.2 Å². The van der Waals surface area contributed by atoms with E-state index in [1.165, 1.54) is 0 Å². The molecule has 0 bridgehead atoms. The molecule has 1 aromatic carbocycles. The Morgan fingerprint density at radius 1 is 1.20 bits per heavy atom. The third kappa shape index (κ3) is 3.46. The lowest BCUT2D eigenvalue weighted by atomic mass is 10.1. The van der Waals surface area contributed by atoms with Gasteiger partial charge < -0.3 is 4.98 Å². The van der Waals surface area contributed by atoms with E-state index >= 15 is 0 Å². The SMILES string of the molecule is Cc1c(-c2ccccc2)nc(CCC(F)(F)F)[nH]c1=O. The maximum Gasteiger partial charge on any atom is 0.389 e. The lowest BCUT2D eigenvalue weighted by Crippen LogP contribution is -2.18. The van der Waals surface area contributed by atoms with Crippen LogP contribution in [0.2, 0.25) is 0 Å². The summed E-state index contributed by atoms with van der Waals surface area (Å²) in [4.78, 5) is 18.3. The number of hydrogen-bond acceptors (Lipinski definition) is 2. The van der Waals surface area contributed by atoms with Crippen molar-refractivity contribution in [2.24, 2.45) is 0 Å². The zero-order chi connectivity index (χ0) is 14.8. The fourth-order valence-electron chi connectivity index (χ4n) is 1.83. The average molecular weight is 282 g/mol. The first-order chi connectivity index (χ1) is 9.37. The summed E-state index contributed by atoms with van der Waals surface area (Å²) in [5.74, 6) is 0.0526. The van der Waals surface area contributed by atoms with E-state index in [2.05, 4.69) is 9.97 Å². The molecule has 1 N–H and O–H groups in total. The van der Waals surface area contributed by atoms with Gasteiger partial charge in [0.15, 0.2) is 0 Å². The van der Waals surface area contributed by atoms with Crippen molar-refractivity contribution < 1.29 is 13.2 Å². The summed E-state index contributed by atoms with van der Waals surface area (Å²) in [6.07, 6.45) is -5.61. The lowest BCUT2D eigenvalue weighted by molar-refractivity contribution is -0.134. The quantitative estimate of drug-likeness (QED) is 0.939. The Kier molecular flexibility index (Phi) is 3.92. The van der Waals surface area contributed by atoms with Gasteiger partial charge >= 0.3 is 6.18 Å². The van der Waals surface area contributed by atoms with Gasteiger partial charge in [-0.3, -0.25) is 4.79 Å². The van der Waals surface area contributed by atoms with E-state index < -0.39 is 18.2 Å². The Bertz CT molecular complexity index is 648. The van der Waals surface area contributed by atoms with Gasteiger partial charge in [-0.25, -0.2) is 4.98 Å². The smallest absolute Gasteiger partial charge is 0.310 e. The summed E-state index contributed by atoms with van der Waals surface area (Å²) in [6.45, 7) is 1.60. The van der Waals surface area contributed by atoms with Crippen molar-refractivity contribution >= 4 is 0 Å². The van der Waals surface area contributed by atoms with Crippen molar-refractivity contribution in [1.29, 1.82) is 0 Å². The molecule has 0 radical (unpaired) electrons. The van der Waals surface area contributed by atoms with Crippen LogP contribution in [0.15, 0.2) is 35.1 Å². The number of alkyl halides is 3. The van der Waals surface area contributed by atoms with Crippen molar-refractivity contribution in [3.05, 3.63) is 52.1 Å². The summed E-state index contributed by atoms with van der Waals surface area (Å²) in [7, 11) is 0. The first-order valence-corrected chi connectivity index (χ1v) is 6.09. The first kappa shape index (κ1) is 14.3. The molecule has 0 saturated carbocycles. The third-order valence-corrected chi connectivity index (χ3v) is 2.89. The Hall–Kier alpha value is -2.11. The highest BCUT2D eigenvalue weighted by Crippen LogP contribution is 2.22. The normalized spacial score (nSPS) is 11.6. The molecule has 20 heavy (non-hydrogen) atoms. The summed E-state index contributed by atoms with van der Waals surface area (Å²) in [5.41, 5.74) is 1.12. The Labute approximate surface area is 113 Å². The van der Waals surface area contributed by atoms with Crippen molar-refractivity contribution in [3.8, 4) is 11.3 Å². The molecule has 0 spiro atoms. The number of aryl methyl sites for hydroxylation is 1. The van der Waals surface area contributed by atoms with Gasteiger partial charge in [0.25, 0.3) is 5.56 Å². The predicted octanol–water partition coefficient (Wildman–Crippen LogP) is 3.24. The van der Waals surface area contributed by atoms with Crippen molar-refractivity contribution in [2.75, 3.05) is 0 Å². The summed E-state index contributed by atoms with van der Waals surface area (Å²) in [5, 5.41) is 0. The molecule has 0 aliphatic heterocycles. The molecular formula is C14H13F3N2O. The molecule has 0 aliphatic carbocycles. The molecule has 0 amide bonds. The largest absolute Gasteiger partial charge is 0.389 e. The molecule has 1 heterocycles. The highest BCUT2D eigenvalue weighted by molar-refractivity contribution is 5.62. The van der Waals surface area contributed by atoms with Crippen LogP contribution in [-0.4, -0.2) is 16.1 Å². The zero-order valence-electron chi connectivity index (χ0n) is 10.8. The molecule has 2 aromatic rings. The van der Waals surface area contributed by atoms with Crippen LogP contribution in [0, 0.1) is 6.92 Å². The maximum atomic E-state index is 12.2. The second-order valence-corrected chi connectivity index (χ2v) is 4.47. The fraction of sp³-hybridized carbons (Fsp3) is 0.286. The minimum atomic E-state index is -4.27. The number of hydrogen-bond donors (Lipinski definition) is 1. The molecule has 3 nitrogen and oxygen atoms in total. The molecule has 6 heteroatoms. The number of nitrogens with one attached hydrogen (secondary N) is 1. The first-order valence-electron chi connectivity index (χ1n) is 6.09. The molecule has 0 aliphatic rings. The number of aromatic nitrogens is 2. The average Bonchev–Trinajstić information content (AvgIpc) is 2.40. The van der Waals surface area contributed by atoms with Crippen molar-refractivity contribution in [2.45, 2.75) is 25.9 Å². The van der Waals surface area contributed by atoms with Crippen LogP contribution >= 0.6 is 0 Å². The topological polar surface area (TPSA) is 45.8 Å². The van der Waals surface area contributed by atoms with Gasteiger partial charge in [0, 0.05) is 17.5 Å². The van der Waals surface area contributed by atoms with E-state index in [-0.39, 0.29) is 12.2 Å². The molecule has 0 saturated heterocycles.